The van der Waals surface area contributed by atoms with Gasteiger partial charge in [-0.05, 0) is 78.0 Å². The Hall–Kier alpha value is -4.87. The number of nitro groups is 1. The number of anilines is 1. The first kappa shape index (κ1) is 48.5. The van der Waals surface area contributed by atoms with Gasteiger partial charge in [0.1, 0.15) is 0 Å². The third-order valence-corrected chi connectivity index (χ3v) is 8.05. The molecule has 298 valence electrons. The second-order valence-electron chi connectivity index (χ2n) is 12.5. The van der Waals surface area contributed by atoms with Crippen LogP contribution in [-0.2, 0) is 69.7 Å². The molecule has 1 aromatic carbocycles. The van der Waals surface area contributed by atoms with E-state index < -0.39 is 18.8 Å². The molecule has 23 heteroatoms. The molecule has 0 saturated heterocycles. The molecule has 6 rings (SSSR count). The molecule has 0 bridgehead atoms. The van der Waals surface area contributed by atoms with E-state index >= 15 is 0 Å². The van der Waals surface area contributed by atoms with Crippen molar-refractivity contribution in [3.63, 3.8) is 0 Å². The molecular weight excluding hydrogens is 892 g/mol. The topological polar surface area (TPSA) is 288 Å². The first-order valence-electron chi connectivity index (χ1n) is 17.3. The Balaban J connectivity index is 0.00000125. The van der Waals surface area contributed by atoms with Crippen molar-refractivity contribution < 1.29 is 77.7 Å². The van der Waals surface area contributed by atoms with Crippen molar-refractivity contribution in [1.82, 2.24) is 45.4 Å². The van der Waals surface area contributed by atoms with Gasteiger partial charge in [-0.15, -0.1) is 6.10 Å². The van der Waals surface area contributed by atoms with Gasteiger partial charge >= 0.3 is 44.6 Å². The number of pyridine rings is 4. The van der Waals surface area contributed by atoms with E-state index in [0.29, 0.717) is 49.7 Å². The molecule has 5 aromatic heterocycles. The minimum Gasteiger partial charge on any atom is -0.850 e. The van der Waals surface area contributed by atoms with Crippen LogP contribution in [0.5, 0.6) is 0 Å². The maximum absolute atomic E-state index is 13.7. The minimum absolute atomic E-state index is 0. The second-order valence-corrected chi connectivity index (χ2v) is 13.4. The summed E-state index contributed by atoms with van der Waals surface area (Å²) in [5.74, 6) is -0.316. The smallest absolute Gasteiger partial charge is 0.850 e. The number of fused-ring (bicyclic) bond motifs is 1. The van der Waals surface area contributed by atoms with Gasteiger partial charge in [-0.2, -0.15) is 0 Å². The standard InChI is InChI=1S/C36H36N11O5.H3O4P.2Zn/c48-31(24-45(20-27-7-1-4-14-37-27)21-28-8-2-5-15-38-28)25-46(22-29-9-3-6-16-39-29)23-30-11-10-26(19-42-30)36(49)41-18-17-40-32-12-13-33(47(50)51)35-34(32)43-52-44-35;1-5(2,3)4;;/h1-16,19,31,40H,17-18,20-25H2,(H,41,49);(H3,1,2,3,4);;/q-1;;2*+2/p-2. The second kappa shape index (κ2) is 24.3. The fourth-order valence-corrected chi connectivity index (χ4v) is 5.67. The van der Waals surface area contributed by atoms with Crippen LogP contribution in [0.15, 0.2) is 108 Å². The molecule has 59 heavy (non-hydrogen) atoms. The Kier molecular flexibility index (Phi) is 19.9. The van der Waals surface area contributed by atoms with Gasteiger partial charge in [0.25, 0.3) is 5.91 Å². The van der Waals surface area contributed by atoms with Gasteiger partial charge in [-0.1, -0.05) is 18.2 Å². The van der Waals surface area contributed by atoms with E-state index in [1.165, 1.54) is 18.3 Å². The molecule has 0 aliphatic rings. The number of rotatable bonds is 18. The summed E-state index contributed by atoms with van der Waals surface area (Å²) in [5.41, 5.74) is 4.19. The van der Waals surface area contributed by atoms with Crippen molar-refractivity contribution in [1.29, 1.82) is 0 Å². The van der Waals surface area contributed by atoms with Gasteiger partial charge in [0.2, 0.25) is 5.52 Å². The van der Waals surface area contributed by atoms with Crippen molar-refractivity contribution in [3.8, 4) is 0 Å². The fraction of sp³-hybridized carbons (Fsp3) is 0.250. The molecule has 0 radical (unpaired) electrons. The summed E-state index contributed by atoms with van der Waals surface area (Å²) in [4.78, 5) is 69.8. The monoisotopic (exact) mass is 926 g/mol. The molecular formula is C36H37N11O9PZn2+. The number of amides is 1. The molecule has 0 fully saturated rings. The minimum atomic E-state index is -5.14. The van der Waals surface area contributed by atoms with Crippen molar-refractivity contribution >= 4 is 36.1 Å². The van der Waals surface area contributed by atoms with E-state index in [4.69, 9.17) is 19.2 Å². The van der Waals surface area contributed by atoms with Crippen LogP contribution in [0.1, 0.15) is 33.1 Å². The predicted octanol–water partition coefficient (Wildman–Crippen LogP) is 0.789. The molecule has 1 atom stereocenters. The average molecular weight is 930 g/mol. The van der Waals surface area contributed by atoms with Gasteiger partial charge < -0.3 is 35.0 Å². The molecule has 0 saturated carbocycles. The van der Waals surface area contributed by atoms with Gasteiger partial charge in [0.15, 0.2) is 5.52 Å². The Bertz CT molecular complexity index is 2180. The molecule has 0 spiro atoms. The molecule has 0 aliphatic carbocycles. The Morgan fingerprint density at radius 3 is 1.68 bits per heavy atom. The number of hydrogen-bond acceptors (Lipinski definition) is 17. The van der Waals surface area contributed by atoms with Crippen LogP contribution in [0, 0.1) is 10.1 Å². The molecule has 6 aromatic rings. The first-order chi connectivity index (χ1) is 27.4. The molecule has 0 aliphatic heterocycles. The van der Waals surface area contributed by atoms with Crippen LogP contribution < -0.4 is 25.5 Å². The SMILES string of the molecule is O=C(NCCNc1ccc([N+](=O)[O-])c2nonc12)c1ccc(CN(Cc2ccccn2)CC([O-])CN(Cc2ccccn2)Cc2ccccn2)nc1.O=P([O-])([O-])O.[Zn+2].[Zn+2]. The van der Waals surface area contributed by atoms with E-state index in [1.54, 1.807) is 30.7 Å². The molecule has 1 unspecified atom stereocenters. The largest absolute Gasteiger partial charge is 2.00 e. The molecule has 20 nitrogen and oxygen atoms in total. The van der Waals surface area contributed by atoms with Crippen molar-refractivity contribution in [2.24, 2.45) is 0 Å². The van der Waals surface area contributed by atoms with E-state index in [9.17, 15) is 20.0 Å². The molecule has 1 amide bonds. The number of non-ortho nitro benzene ring substituents is 1. The maximum atomic E-state index is 13.7. The van der Waals surface area contributed by atoms with Crippen molar-refractivity contribution in [3.05, 3.63) is 142 Å². The van der Waals surface area contributed by atoms with Gasteiger partial charge in [-0.3, -0.25) is 44.6 Å². The van der Waals surface area contributed by atoms with E-state index in [2.05, 4.69) is 50.4 Å². The maximum Gasteiger partial charge on any atom is 2.00 e. The van der Waals surface area contributed by atoms with Crippen LogP contribution >= 0.6 is 7.82 Å². The summed E-state index contributed by atoms with van der Waals surface area (Å²) in [6.07, 6.45) is 5.76. The zero-order valence-electron chi connectivity index (χ0n) is 31.6. The van der Waals surface area contributed by atoms with Crippen LogP contribution in [0.2, 0.25) is 0 Å². The number of nitrogens with one attached hydrogen (secondary N) is 2. The number of nitrogens with zero attached hydrogens (tertiary/aromatic N) is 9. The van der Waals surface area contributed by atoms with Gasteiger partial charge in [0, 0.05) is 70.1 Å². The summed E-state index contributed by atoms with van der Waals surface area (Å²) >= 11 is 0. The fourth-order valence-electron chi connectivity index (χ4n) is 5.67. The summed E-state index contributed by atoms with van der Waals surface area (Å²) in [5, 5.41) is 38.2. The van der Waals surface area contributed by atoms with Crippen LogP contribution in [0.25, 0.3) is 11.0 Å². The Morgan fingerprint density at radius 2 is 1.24 bits per heavy atom. The Labute approximate surface area is 363 Å². The first-order valence-corrected chi connectivity index (χ1v) is 18.8. The van der Waals surface area contributed by atoms with E-state index in [-0.39, 0.29) is 81.2 Å². The van der Waals surface area contributed by atoms with Crippen molar-refractivity contribution in [2.75, 3.05) is 31.5 Å². The summed E-state index contributed by atoms with van der Waals surface area (Å²) in [6.45, 7) is 2.93. The van der Waals surface area contributed by atoms with E-state index in [1.807, 2.05) is 59.5 Å². The normalized spacial score (nSPS) is 11.5. The van der Waals surface area contributed by atoms with Crippen LogP contribution in [-0.4, -0.2) is 88.1 Å². The number of aromatic nitrogens is 6. The Morgan fingerprint density at radius 1 is 0.746 bits per heavy atom. The predicted molar refractivity (Wildman–Crippen MR) is 198 cm³/mol. The number of hydrogen-bond donors (Lipinski definition) is 3. The molecule has 5 heterocycles. The number of phosphoric acid groups is 1. The third kappa shape index (κ3) is 16.7. The van der Waals surface area contributed by atoms with Gasteiger partial charge in [0.05, 0.1) is 46.8 Å². The quantitative estimate of drug-likeness (QED) is 0.0353. The van der Waals surface area contributed by atoms with Crippen molar-refractivity contribution in [2.45, 2.75) is 32.3 Å². The third-order valence-electron chi connectivity index (χ3n) is 8.05. The summed E-state index contributed by atoms with van der Waals surface area (Å²) < 4.78 is 13.3. The van der Waals surface area contributed by atoms with Crippen LogP contribution in [0.3, 0.4) is 0 Å². The number of carbonyl (C=O) groups is 1. The summed E-state index contributed by atoms with van der Waals surface area (Å²) in [7, 11) is -5.14. The zero-order valence-corrected chi connectivity index (χ0v) is 38.5. The van der Waals surface area contributed by atoms with E-state index in [0.717, 1.165) is 17.1 Å². The van der Waals surface area contributed by atoms with Crippen LogP contribution in [0.4, 0.5) is 11.4 Å². The molecule has 3 N–H and O–H groups in total. The average Bonchev–Trinajstić information content (AvgIpc) is 3.68. The number of carbonyl (C=O) groups excluding carboxylic acids is 1. The summed E-state index contributed by atoms with van der Waals surface area (Å²) in [6, 6.07) is 23.5. The zero-order chi connectivity index (χ0) is 40.6. The van der Waals surface area contributed by atoms with Gasteiger partial charge in [-0.25, -0.2) is 4.63 Å². The number of nitro benzene ring substituents is 1. The number of benzene rings is 1.